The van der Waals surface area contributed by atoms with Gasteiger partial charge in [-0.25, -0.2) is 0 Å². The van der Waals surface area contributed by atoms with Crippen molar-refractivity contribution in [3.8, 4) is 0 Å². The van der Waals surface area contributed by atoms with Crippen LogP contribution in [0.3, 0.4) is 0 Å². The Labute approximate surface area is 94.5 Å². The second kappa shape index (κ2) is 3.55. The zero-order valence-corrected chi connectivity index (χ0v) is 10.1. The number of hydrogen-bond acceptors (Lipinski definition) is 2. The first-order valence-corrected chi connectivity index (χ1v) is 5.90. The molecule has 0 aliphatic heterocycles. The lowest BCUT2D eigenvalue weighted by molar-refractivity contribution is 0.285. The quantitative estimate of drug-likeness (QED) is 0.802. The van der Waals surface area contributed by atoms with Gasteiger partial charge < -0.3 is 5.11 Å². The second-order valence-electron chi connectivity index (χ2n) is 2.98. The highest BCUT2D eigenvalue weighted by Crippen LogP contribution is 2.30. The van der Waals surface area contributed by atoms with Gasteiger partial charge in [0, 0.05) is 18.5 Å². The summed E-state index contributed by atoms with van der Waals surface area (Å²) in [5.74, 6) is 0. The van der Waals surface area contributed by atoms with Gasteiger partial charge >= 0.3 is 0 Å². The van der Waals surface area contributed by atoms with Gasteiger partial charge in [-0.15, -0.1) is 11.3 Å². The highest BCUT2D eigenvalue weighted by molar-refractivity contribution is 14.1. The lowest BCUT2D eigenvalue weighted by Gasteiger charge is -1.97. The minimum absolute atomic E-state index is 0.147. The summed E-state index contributed by atoms with van der Waals surface area (Å²) in [6.45, 7) is 2.26. The van der Waals surface area contributed by atoms with Crippen molar-refractivity contribution in [3.05, 3.63) is 32.2 Å². The molecule has 0 unspecified atom stereocenters. The normalized spacial score (nSPS) is 11.0. The molecule has 1 nitrogen and oxygen atoms in total. The minimum atomic E-state index is 0.147. The molecule has 1 heterocycles. The van der Waals surface area contributed by atoms with E-state index in [4.69, 9.17) is 5.11 Å². The molecule has 68 valence electrons. The highest BCUT2D eigenvalue weighted by Gasteiger charge is 2.05. The summed E-state index contributed by atoms with van der Waals surface area (Å²) in [4.78, 5) is 1.04. The van der Waals surface area contributed by atoms with Crippen molar-refractivity contribution in [2.45, 2.75) is 13.5 Å². The summed E-state index contributed by atoms with van der Waals surface area (Å²) in [6.07, 6.45) is 0. The molecule has 0 radical (unpaired) electrons. The summed E-state index contributed by atoms with van der Waals surface area (Å²) >= 11 is 4.02. The second-order valence-corrected chi connectivity index (χ2v) is 5.23. The maximum absolute atomic E-state index is 9.01. The van der Waals surface area contributed by atoms with Crippen molar-refractivity contribution in [1.29, 1.82) is 0 Å². The number of hydrogen-bond donors (Lipinski definition) is 1. The van der Waals surface area contributed by atoms with Crippen LogP contribution in [0.1, 0.15) is 10.4 Å². The van der Waals surface area contributed by atoms with Crippen molar-refractivity contribution in [2.24, 2.45) is 0 Å². The van der Waals surface area contributed by atoms with Gasteiger partial charge in [-0.3, -0.25) is 0 Å². The third-order valence-corrected chi connectivity index (χ3v) is 4.55. The lowest BCUT2D eigenvalue weighted by Crippen LogP contribution is -1.78. The van der Waals surface area contributed by atoms with Gasteiger partial charge in [-0.2, -0.15) is 0 Å². The number of aliphatic hydroxyl groups excluding tert-OH is 1. The Hall–Kier alpha value is -0.130. The molecule has 2 rings (SSSR count). The van der Waals surface area contributed by atoms with Crippen LogP contribution < -0.4 is 0 Å². The summed E-state index contributed by atoms with van der Waals surface area (Å²) in [6, 6.07) is 6.33. The first kappa shape index (κ1) is 9.43. The molecule has 3 heteroatoms. The SMILES string of the molecule is Cc1ccc2sc(CO)cc2c1I. The summed E-state index contributed by atoms with van der Waals surface area (Å²) in [7, 11) is 0. The van der Waals surface area contributed by atoms with Crippen LogP contribution in [-0.4, -0.2) is 5.11 Å². The van der Waals surface area contributed by atoms with Crippen molar-refractivity contribution in [3.63, 3.8) is 0 Å². The van der Waals surface area contributed by atoms with Crippen LogP contribution in [0.2, 0.25) is 0 Å². The molecule has 1 aromatic heterocycles. The maximum atomic E-state index is 9.01. The molecule has 13 heavy (non-hydrogen) atoms. The molecule has 0 fully saturated rings. The first-order valence-electron chi connectivity index (χ1n) is 4.01. The summed E-state index contributed by atoms with van der Waals surface area (Å²) in [5, 5.41) is 10.3. The van der Waals surface area contributed by atoms with Gasteiger partial charge in [0.25, 0.3) is 0 Å². The Morgan fingerprint density at radius 2 is 2.23 bits per heavy atom. The molecule has 0 atom stereocenters. The van der Waals surface area contributed by atoms with Crippen molar-refractivity contribution < 1.29 is 5.11 Å². The van der Waals surface area contributed by atoms with Crippen LogP contribution in [-0.2, 0) is 6.61 Å². The van der Waals surface area contributed by atoms with E-state index in [2.05, 4.69) is 47.7 Å². The first-order chi connectivity index (χ1) is 6.22. The Morgan fingerprint density at radius 1 is 1.46 bits per heavy atom. The Bertz CT molecular complexity index is 447. The molecular weight excluding hydrogens is 295 g/mol. The van der Waals surface area contributed by atoms with Gasteiger partial charge in [0.05, 0.1) is 6.61 Å². The zero-order valence-electron chi connectivity index (χ0n) is 7.17. The van der Waals surface area contributed by atoms with E-state index in [1.54, 1.807) is 11.3 Å². The average molecular weight is 304 g/mol. The molecule has 0 spiro atoms. The van der Waals surface area contributed by atoms with Crippen LogP contribution in [0.15, 0.2) is 18.2 Å². The monoisotopic (exact) mass is 304 g/mol. The summed E-state index contributed by atoms with van der Waals surface area (Å²) in [5.41, 5.74) is 1.30. The van der Waals surface area contributed by atoms with E-state index in [9.17, 15) is 0 Å². The van der Waals surface area contributed by atoms with E-state index >= 15 is 0 Å². The van der Waals surface area contributed by atoms with E-state index in [0.29, 0.717) is 0 Å². The minimum Gasteiger partial charge on any atom is -0.391 e. The molecule has 0 saturated heterocycles. The van der Waals surface area contributed by atoms with E-state index < -0.39 is 0 Å². The van der Waals surface area contributed by atoms with Gasteiger partial charge in [0.2, 0.25) is 0 Å². The average Bonchev–Trinajstić information content (AvgIpc) is 2.55. The topological polar surface area (TPSA) is 20.2 Å². The van der Waals surface area contributed by atoms with Crippen LogP contribution in [0.4, 0.5) is 0 Å². The van der Waals surface area contributed by atoms with Gasteiger partial charge in [0.1, 0.15) is 0 Å². The van der Waals surface area contributed by atoms with E-state index in [1.807, 2.05) is 0 Å². The number of aryl methyl sites for hydroxylation is 1. The van der Waals surface area contributed by atoms with Crippen LogP contribution in [0.25, 0.3) is 10.1 Å². The van der Waals surface area contributed by atoms with Crippen molar-refractivity contribution in [2.75, 3.05) is 0 Å². The number of halogens is 1. The molecule has 1 aromatic carbocycles. The largest absolute Gasteiger partial charge is 0.391 e. The fraction of sp³-hybridized carbons (Fsp3) is 0.200. The molecule has 0 aliphatic carbocycles. The van der Waals surface area contributed by atoms with Gasteiger partial charge in [0.15, 0.2) is 0 Å². The highest BCUT2D eigenvalue weighted by atomic mass is 127. The van der Waals surface area contributed by atoms with E-state index in [0.717, 1.165) is 4.88 Å². The van der Waals surface area contributed by atoms with Gasteiger partial charge in [-0.05, 0) is 47.2 Å². The number of rotatable bonds is 1. The third-order valence-electron chi connectivity index (χ3n) is 2.04. The van der Waals surface area contributed by atoms with Crippen LogP contribution in [0.5, 0.6) is 0 Å². The van der Waals surface area contributed by atoms with Crippen molar-refractivity contribution >= 4 is 44.0 Å². The molecule has 2 aromatic rings. The third kappa shape index (κ3) is 1.60. The van der Waals surface area contributed by atoms with E-state index in [-0.39, 0.29) is 6.61 Å². The molecule has 0 saturated carbocycles. The summed E-state index contributed by atoms with van der Waals surface area (Å²) < 4.78 is 2.56. The Kier molecular flexibility index (Phi) is 2.58. The molecular formula is C10H9IOS. The molecule has 0 bridgehead atoms. The zero-order chi connectivity index (χ0) is 9.42. The smallest absolute Gasteiger partial charge is 0.0774 e. The standard InChI is InChI=1S/C10H9IOS/c1-6-2-3-9-8(10(6)11)4-7(5-12)13-9/h2-4,12H,5H2,1H3. The fourth-order valence-corrected chi connectivity index (χ4v) is 3.06. The predicted octanol–water partition coefficient (Wildman–Crippen LogP) is 3.31. The van der Waals surface area contributed by atoms with Crippen LogP contribution >= 0.6 is 33.9 Å². The fourth-order valence-electron chi connectivity index (χ4n) is 1.32. The predicted molar refractivity (Wildman–Crippen MR) is 65.2 cm³/mol. The molecule has 0 aliphatic rings. The Balaban J connectivity index is 2.76. The Morgan fingerprint density at radius 3 is 2.92 bits per heavy atom. The lowest BCUT2D eigenvalue weighted by atomic mass is 10.2. The number of fused-ring (bicyclic) bond motifs is 1. The van der Waals surface area contributed by atoms with E-state index in [1.165, 1.54) is 19.2 Å². The number of thiophene rings is 1. The molecule has 1 N–H and O–H groups in total. The van der Waals surface area contributed by atoms with Gasteiger partial charge in [-0.1, -0.05) is 6.07 Å². The van der Waals surface area contributed by atoms with Crippen LogP contribution in [0, 0.1) is 10.5 Å². The maximum Gasteiger partial charge on any atom is 0.0774 e. The number of benzene rings is 1. The number of aliphatic hydroxyl groups is 1. The van der Waals surface area contributed by atoms with Crippen molar-refractivity contribution in [1.82, 2.24) is 0 Å². The molecule has 0 amide bonds.